The van der Waals surface area contributed by atoms with E-state index in [2.05, 4.69) is 0 Å². The Hall–Kier alpha value is -0.100. The van der Waals surface area contributed by atoms with Crippen molar-refractivity contribution in [2.45, 2.75) is 50.4 Å². The number of alkyl halides is 1. The maximum atomic E-state index is 12.9. The fourth-order valence-electron chi connectivity index (χ4n) is 2.18. The Morgan fingerprint density at radius 3 is 2.58 bits per heavy atom. The fraction of sp³-hybridized carbons (Fsp3) is 0.692. The van der Waals surface area contributed by atoms with Crippen LogP contribution in [-0.2, 0) is 15.9 Å². The highest BCUT2D eigenvalue weighted by Gasteiger charge is 2.35. The highest BCUT2D eigenvalue weighted by Crippen LogP contribution is 2.35. The second-order valence-electron chi connectivity index (χ2n) is 5.42. The Morgan fingerprint density at radius 1 is 1.47 bits per heavy atom. The molecular weight excluding hydrogens is 302 g/mol. The smallest absolute Gasteiger partial charge is 0.207 e. The van der Waals surface area contributed by atoms with Gasteiger partial charge < -0.3 is 0 Å². The highest BCUT2D eigenvalue weighted by atomic mass is 35.5. The van der Waals surface area contributed by atoms with Crippen LogP contribution < -0.4 is 0 Å². The van der Waals surface area contributed by atoms with Crippen LogP contribution in [0.15, 0.2) is 10.3 Å². The fourth-order valence-corrected chi connectivity index (χ4v) is 5.91. The van der Waals surface area contributed by atoms with Crippen LogP contribution in [0.2, 0.25) is 0 Å². The zero-order valence-corrected chi connectivity index (χ0v) is 13.9. The molecule has 19 heavy (non-hydrogen) atoms. The summed E-state index contributed by atoms with van der Waals surface area (Å²) in [5, 5.41) is 1.88. The van der Waals surface area contributed by atoms with E-state index in [1.165, 1.54) is 11.3 Å². The molecule has 0 atom stereocenters. The Labute approximate surface area is 124 Å². The first-order valence-electron chi connectivity index (χ1n) is 6.52. The van der Waals surface area contributed by atoms with Gasteiger partial charge in [0.2, 0.25) is 10.0 Å². The Morgan fingerprint density at radius 2 is 2.11 bits per heavy atom. The third-order valence-electron chi connectivity index (χ3n) is 3.39. The molecule has 0 N–H and O–H groups in total. The minimum Gasteiger partial charge on any atom is -0.207 e. The van der Waals surface area contributed by atoms with Gasteiger partial charge in [0, 0.05) is 17.5 Å². The maximum Gasteiger partial charge on any atom is 0.244 e. The minimum absolute atomic E-state index is 0.0203. The van der Waals surface area contributed by atoms with Gasteiger partial charge in [-0.1, -0.05) is 0 Å². The van der Waals surface area contributed by atoms with Crippen LogP contribution in [0.3, 0.4) is 0 Å². The predicted octanol–water partition coefficient (Wildman–Crippen LogP) is 3.60. The number of nitrogens with zero attached hydrogens (tertiary/aromatic N) is 1. The average molecular weight is 322 g/mol. The quantitative estimate of drug-likeness (QED) is 0.751. The van der Waals surface area contributed by atoms with E-state index >= 15 is 0 Å². The normalized spacial score (nSPS) is 16.5. The van der Waals surface area contributed by atoms with Crippen LogP contribution in [0.25, 0.3) is 0 Å². The number of rotatable bonds is 6. The first-order valence-corrected chi connectivity index (χ1v) is 9.38. The van der Waals surface area contributed by atoms with E-state index in [1.807, 2.05) is 26.2 Å². The second-order valence-corrected chi connectivity index (χ2v) is 8.48. The molecule has 0 radical (unpaired) electrons. The van der Waals surface area contributed by atoms with Crippen LogP contribution in [0.1, 0.15) is 37.1 Å². The van der Waals surface area contributed by atoms with E-state index < -0.39 is 10.0 Å². The minimum atomic E-state index is -3.43. The first kappa shape index (κ1) is 15.3. The van der Waals surface area contributed by atoms with Crippen molar-refractivity contribution in [2.24, 2.45) is 5.92 Å². The lowest BCUT2D eigenvalue weighted by Gasteiger charge is -2.26. The molecule has 1 aliphatic rings. The zero-order chi connectivity index (χ0) is 14.2. The summed E-state index contributed by atoms with van der Waals surface area (Å²) in [5.74, 6) is 0.790. The van der Waals surface area contributed by atoms with Crippen LogP contribution in [0, 0.1) is 12.8 Å². The SMILES string of the molecule is Cc1csc(CCl)c1S(=O)(=O)N(CC1CC1)C(C)C. The van der Waals surface area contributed by atoms with Gasteiger partial charge in [0.05, 0.1) is 5.88 Å². The summed E-state index contributed by atoms with van der Waals surface area (Å²) < 4.78 is 27.4. The van der Waals surface area contributed by atoms with E-state index in [4.69, 9.17) is 11.6 Å². The third-order valence-corrected chi connectivity index (χ3v) is 7.32. The Kier molecular flexibility index (Phi) is 4.60. The molecule has 1 heterocycles. The lowest BCUT2D eigenvalue weighted by molar-refractivity contribution is 0.341. The summed E-state index contributed by atoms with van der Waals surface area (Å²) in [6.07, 6.45) is 2.29. The third kappa shape index (κ3) is 3.15. The van der Waals surface area contributed by atoms with Gasteiger partial charge >= 0.3 is 0 Å². The molecule has 6 heteroatoms. The first-order chi connectivity index (χ1) is 8.87. The van der Waals surface area contributed by atoms with Crippen molar-refractivity contribution in [1.29, 1.82) is 0 Å². The molecule has 0 saturated heterocycles. The Bertz CT molecular complexity index is 547. The van der Waals surface area contributed by atoms with Crippen molar-refractivity contribution in [3.63, 3.8) is 0 Å². The molecule has 3 nitrogen and oxygen atoms in total. The molecule has 0 unspecified atom stereocenters. The molecule has 0 aromatic carbocycles. The number of sulfonamides is 1. The van der Waals surface area contributed by atoms with Crippen LogP contribution in [-0.4, -0.2) is 25.3 Å². The summed E-state index contributed by atoms with van der Waals surface area (Å²) in [7, 11) is -3.43. The lowest BCUT2D eigenvalue weighted by Crippen LogP contribution is -2.38. The average Bonchev–Trinajstić information content (AvgIpc) is 3.07. The van der Waals surface area contributed by atoms with Crippen molar-refractivity contribution in [1.82, 2.24) is 4.31 Å². The van der Waals surface area contributed by atoms with Gasteiger partial charge in [-0.05, 0) is 50.5 Å². The largest absolute Gasteiger partial charge is 0.244 e. The van der Waals surface area contributed by atoms with Gasteiger partial charge in [0.1, 0.15) is 4.90 Å². The molecule has 1 aliphatic carbocycles. The maximum absolute atomic E-state index is 12.9. The molecule has 1 aromatic heterocycles. The molecule has 0 bridgehead atoms. The van der Waals surface area contributed by atoms with E-state index in [1.54, 1.807) is 4.31 Å². The Balaban J connectivity index is 2.40. The topological polar surface area (TPSA) is 37.4 Å². The number of aryl methyl sites for hydroxylation is 1. The van der Waals surface area contributed by atoms with Gasteiger partial charge in [-0.25, -0.2) is 8.42 Å². The van der Waals surface area contributed by atoms with E-state index in [0.29, 0.717) is 17.4 Å². The molecule has 0 spiro atoms. The van der Waals surface area contributed by atoms with Gasteiger partial charge in [0.15, 0.2) is 0 Å². The number of halogens is 1. The molecule has 0 amide bonds. The van der Waals surface area contributed by atoms with Crippen LogP contribution >= 0.6 is 22.9 Å². The zero-order valence-electron chi connectivity index (χ0n) is 11.5. The van der Waals surface area contributed by atoms with Crippen molar-refractivity contribution in [3.8, 4) is 0 Å². The predicted molar refractivity (Wildman–Crippen MR) is 80.4 cm³/mol. The van der Waals surface area contributed by atoms with Crippen molar-refractivity contribution >= 4 is 33.0 Å². The molecule has 108 valence electrons. The van der Waals surface area contributed by atoms with Crippen LogP contribution in [0.5, 0.6) is 0 Å². The van der Waals surface area contributed by atoms with Gasteiger partial charge in [-0.15, -0.1) is 22.9 Å². The molecule has 0 aliphatic heterocycles. The lowest BCUT2D eigenvalue weighted by atomic mass is 10.3. The van der Waals surface area contributed by atoms with Gasteiger partial charge in [-0.2, -0.15) is 4.31 Å². The number of hydrogen-bond acceptors (Lipinski definition) is 3. The van der Waals surface area contributed by atoms with Crippen molar-refractivity contribution in [2.75, 3.05) is 6.54 Å². The molecule has 2 rings (SSSR count). The highest BCUT2D eigenvalue weighted by molar-refractivity contribution is 7.89. The monoisotopic (exact) mass is 321 g/mol. The number of thiophene rings is 1. The van der Waals surface area contributed by atoms with Gasteiger partial charge in [0.25, 0.3) is 0 Å². The summed E-state index contributed by atoms with van der Waals surface area (Å²) >= 11 is 7.31. The summed E-state index contributed by atoms with van der Waals surface area (Å²) in [5.41, 5.74) is 0.807. The van der Waals surface area contributed by atoms with Gasteiger partial charge in [-0.3, -0.25) is 0 Å². The van der Waals surface area contributed by atoms with E-state index in [-0.39, 0.29) is 11.9 Å². The molecule has 1 aromatic rings. The molecular formula is C13H20ClNO2S2. The molecule has 1 fully saturated rings. The summed E-state index contributed by atoms with van der Waals surface area (Å²) in [6, 6.07) is -0.0203. The summed E-state index contributed by atoms with van der Waals surface area (Å²) in [6.45, 7) is 6.34. The molecule has 1 saturated carbocycles. The standard InChI is InChI=1S/C13H20ClNO2S2/c1-9(2)15(7-11-4-5-11)19(16,17)13-10(3)8-18-12(13)6-14/h8-9,11H,4-7H2,1-3H3. The van der Waals surface area contributed by atoms with E-state index in [9.17, 15) is 8.42 Å². The van der Waals surface area contributed by atoms with Crippen LogP contribution in [0.4, 0.5) is 0 Å². The van der Waals surface area contributed by atoms with Crippen molar-refractivity contribution in [3.05, 3.63) is 15.8 Å². The second kappa shape index (κ2) is 5.72. The van der Waals surface area contributed by atoms with E-state index in [0.717, 1.165) is 23.3 Å². The number of hydrogen-bond donors (Lipinski definition) is 0. The van der Waals surface area contributed by atoms with Crippen molar-refractivity contribution < 1.29 is 8.42 Å². The summed E-state index contributed by atoms with van der Waals surface area (Å²) in [4.78, 5) is 1.18.